The van der Waals surface area contributed by atoms with E-state index in [1.165, 1.54) is 17.0 Å². The summed E-state index contributed by atoms with van der Waals surface area (Å²) in [6.45, 7) is 0.432. The Hall–Kier alpha value is -3.16. The third kappa shape index (κ3) is 4.51. The van der Waals surface area contributed by atoms with Crippen molar-refractivity contribution in [2.24, 2.45) is 5.92 Å². The second-order valence-electron chi connectivity index (χ2n) is 7.91. The molecule has 3 aromatic rings. The molecule has 1 aromatic heterocycles. The number of benzene rings is 2. The van der Waals surface area contributed by atoms with Crippen LogP contribution in [-0.4, -0.2) is 41.3 Å². The predicted molar refractivity (Wildman–Crippen MR) is 124 cm³/mol. The van der Waals surface area contributed by atoms with Gasteiger partial charge >= 0.3 is 11.6 Å². The molecule has 0 aliphatic carbocycles. The van der Waals surface area contributed by atoms with Gasteiger partial charge < -0.3 is 19.2 Å². The molecule has 2 atom stereocenters. The summed E-state index contributed by atoms with van der Waals surface area (Å²) in [6.07, 6.45) is 1.54. The first-order valence-corrected chi connectivity index (χ1v) is 11.0. The van der Waals surface area contributed by atoms with E-state index >= 15 is 0 Å². The molecule has 0 spiro atoms. The van der Waals surface area contributed by atoms with Gasteiger partial charge in [-0.25, -0.2) is 4.79 Å². The largest absolute Gasteiger partial charge is 0.481 e. The number of rotatable bonds is 5. The van der Waals surface area contributed by atoms with Crippen LogP contribution < -0.4 is 5.63 Å². The van der Waals surface area contributed by atoms with Gasteiger partial charge in [-0.15, -0.1) is 0 Å². The van der Waals surface area contributed by atoms with Gasteiger partial charge in [-0.2, -0.15) is 0 Å². The van der Waals surface area contributed by atoms with E-state index in [1.54, 1.807) is 30.3 Å². The van der Waals surface area contributed by atoms with Crippen molar-refractivity contribution in [2.75, 3.05) is 13.1 Å². The van der Waals surface area contributed by atoms with E-state index in [9.17, 15) is 24.3 Å². The fraction of sp³-hybridized carbons (Fsp3) is 0.250. The second-order valence-corrected chi connectivity index (χ2v) is 8.72. The number of hydrogen-bond acceptors (Lipinski definition) is 5. The number of aldehydes is 1. The van der Waals surface area contributed by atoms with Gasteiger partial charge in [0.2, 0.25) is 5.91 Å². The van der Waals surface area contributed by atoms with Gasteiger partial charge in [-0.1, -0.05) is 41.4 Å². The minimum Gasteiger partial charge on any atom is -0.481 e. The van der Waals surface area contributed by atoms with Crippen LogP contribution in [0.2, 0.25) is 10.0 Å². The summed E-state index contributed by atoms with van der Waals surface area (Å²) in [5, 5.41) is 10.5. The molecule has 1 fully saturated rings. The van der Waals surface area contributed by atoms with Gasteiger partial charge in [0, 0.05) is 45.7 Å². The van der Waals surface area contributed by atoms with E-state index in [0.717, 1.165) is 0 Å². The van der Waals surface area contributed by atoms with Crippen LogP contribution in [0, 0.1) is 5.92 Å². The van der Waals surface area contributed by atoms with Crippen LogP contribution in [0.5, 0.6) is 0 Å². The van der Waals surface area contributed by atoms with Gasteiger partial charge in [0.05, 0.1) is 5.92 Å². The highest BCUT2D eigenvalue weighted by Crippen LogP contribution is 2.38. The van der Waals surface area contributed by atoms with Crippen LogP contribution in [0.15, 0.2) is 51.7 Å². The van der Waals surface area contributed by atoms with Crippen molar-refractivity contribution >= 4 is 52.3 Å². The van der Waals surface area contributed by atoms with Crippen molar-refractivity contribution in [3.8, 4) is 11.1 Å². The normalized spacial score (nSPS) is 17.0. The third-order valence-electron chi connectivity index (χ3n) is 5.84. The fourth-order valence-electron chi connectivity index (χ4n) is 4.19. The molecule has 1 saturated heterocycles. The van der Waals surface area contributed by atoms with Crippen LogP contribution in [0.1, 0.15) is 24.3 Å². The van der Waals surface area contributed by atoms with Crippen molar-refractivity contribution in [3.63, 3.8) is 0 Å². The smallest absolute Gasteiger partial charge is 0.336 e. The molecule has 1 amide bonds. The first-order valence-electron chi connectivity index (χ1n) is 10.3. The third-order valence-corrected chi connectivity index (χ3v) is 6.47. The molecule has 1 unspecified atom stereocenters. The topological polar surface area (TPSA) is 105 Å². The van der Waals surface area contributed by atoms with Crippen molar-refractivity contribution in [2.45, 2.75) is 18.8 Å². The number of nitrogens with zero attached hydrogens (tertiary/aromatic N) is 1. The molecule has 0 saturated carbocycles. The number of carboxylic acid groups (broad SMARTS) is 1. The Bertz CT molecular complexity index is 1300. The quantitative estimate of drug-likeness (QED) is 0.325. The Morgan fingerprint density at radius 1 is 1.15 bits per heavy atom. The lowest BCUT2D eigenvalue weighted by Crippen LogP contribution is -2.44. The molecular formula is C24H19Cl2NO6. The van der Waals surface area contributed by atoms with Crippen LogP contribution in [0.25, 0.3) is 22.1 Å². The molecule has 0 radical (unpaired) electrons. The van der Waals surface area contributed by atoms with E-state index in [1.807, 2.05) is 0 Å². The Balaban J connectivity index is 1.75. The molecule has 7 nitrogen and oxygen atoms in total. The average molecular weight is 488 g/mol. The van der Waals surface area contributed by atoms with Crippen LogP contribution in [0.3, 0.4) is 0 Å². The molecule has 1 aliphatic rings. The molecule has 33 heavy (non-hydrogen) atoms. The highest BCUT2D eigenvalue weighted by atomic mass is 35.5. The Kier molecular flexibility index (Phi) is 6.54. The zero-order chi connectivity index (χ0) is 23.7. The predicted octanol–water partition coefficient (Wildman–Crippen LogP) is 4.37. The SMILES string of the molecule is O=CC(C(=O)N1CCC[C@H](C(=O)O)C1)c1ccc2c(-c3c(Cl)cccc3Cl)cc(=O)oc2c1. The summed E-state index contributed by atoms with van der Waals surface area (Å²) in [7, 11) is 0. The van der Waals surface area contributed by atoms with Crippen molar-refractivity contribution in [3.05, 3.63) is 68.5 Å². The van der Waals surface area contributed by atoms with Crippen molar-refractivity contribution < 1.29 is 23.9 Å². The van der Waals surface area contributed by atoms with Crippen LogP contribution in [-0.2, 0) is 14.4 Å². The number of amides is 1. The number of fused-ring (bicyclic) bond motifs is 1. The summed E-state index contributed by atoms with van der Waals surface area (Å²) in [4.78, 5) is 50.0. The minimum absolute atomic E-state index is 0.0519. The number of piperidine rings is 1. The highest BCUT2D eigenvalue weighted by molar-refractivity contribution is 6.39. The number of hydrogen-bond donors (Lipinski definition) is 1. The van der Waals surface area contributed by atoms with Gasteiger partial charge in [-0.05, 0) is 36.6 Å². The molecular weight excluding hydrogens is 469 g/mol. The maximum Gasteiger partial charge on any atom is 0.336 e. The second kappa shape index (κ2) is 9.37. The molecule has 0 bridgehead atoms. The van der Waals surface area contributed by atoms with E-state index in [0.29, 0.717) is 57.8 Å². The fourth-order valence-corrected chi connectivity index (χ4v) is 4.79. The summed E-state index contributed by atoms with van der Waals surface area (Å²) in [6, 6.07) is 11.0. The molecule has 1 N–H and O–H groups in total. The van der Waals surface area contributed by atoms with Crippen molar-refractivity contribution in [1.82, 2.24) is 4.90 Å². The van der Waals surface area contributed by atoms with Crippen LogP contribution in [0.4, 0.5) is 0 Å². The van der Waals surface area contributed by atoms with Crippen LogP contribution >= 0.6 is 23.2 Å². The first-order chi connectivity index (χ1) is 15.8. The molecule has 170 valence electrons. The zero-order valence-electron chi connectivity index (χ0n) is 17.3. The summed E-state index contributed by atoms with van der Waals surface area (Å²) in [5.41, 5.74) is 0.818. The molecule has 1 aliphatic heterocycles. The Morgan fingerprint density at radius 2 is 1.88 bits per heavy atom. The number of carbonyl (C=O) groups is 3. The molecule has 2 aromatic carbocycles. The maximum atomic E-state index is 13.1. The van der Waals surface area contributed by atoms with Gasteiger partial charge in [0.15, 0.2) is 0 Å². The number of carbonyl (C=O) groups excluding carboxylic acids is 2. The minimum atomic E-state index is -1.15. The zero-order valence-corrected chi connectivity index (χ0v) is 18.8. The molecule has 4 rings (SSSR count). The van der Waals surface area contributed by atoms with Gasteiger partial charge in [0.25, 0.3) is 0 Å². The lowest BCUT2D eigenvalue weighted by atomic mass is 9.93. The van der Waals surface area contributed by atoms with E-state index < -0.39 is 29.3 Å². The van der Waals surface area contributed by atoms with E-state index in [2.05, 4.69) is 0 Å². The lowest BCUT2D eigenvalue weighted by molar-refractivity contribution is -0.146. The molecule has 9 heteroatoms. The number of carboxylic acids is 1. The summed E-state index contributed by atoms with van der Waals surface area (Å²) in [5.74, 6) is -3.26. The number of likely N-dealkylation sites (tertiary alicyclic amines) is 1. The monoisotopic (exact) mass is 487 g/mol. The highest BCUT2D eigenvalue weighted by Gasteiger charge is 2.32. The lowest BCUT2D eigenvalue weighted by Gasteiger charge is -2.32. The van der Waals surface area contributed by atoms with Gasteiger partial charge in [0.1, 0.15) is 17.8 Å². The molecule has 2 heterocycles. The number of aliphatic carboxylic acids is 1. The Morgan fingerprint density at radius 3 is 2.55 bits per heavy atom. The first kappa shape index (κ1) is 23.0. The summed E-state index contributed by atoms with van der Waals surface area (Å²) >= 11 is 12.7. The standard InChI is InChI=1S/C24H19Cl2NO6/c25-18-4-1-5-19(26)22(18)16-10-21(29)33-20-9-13(6-7-15(16)20)17(12-28)23(30)27-8-2-3-14(11-27)24(31)32/h1,4-7,9-10,12,14,17H,2-3,8,11H2,(H,31,32)/t14-,17?/m0/s1. The Labute approximate surface area is 198 Å². The van der Waals surface area contributed by atoms with E-state index in [4.69, 9.17) is 27.6 Å². The van der Waals surface area contributed by atoms with E-state index in [-0.39, 0.29) is 12.1 Å². The maximum absolute atomic E-state index is 13.1. The average Bonchev–Trinajstić information content (AvgIpc) is 2.79. The number of halogens is 2. The van der Waals surface area contributed by atoms with Gasteiger partial charge in [-0.3, -0.25) is 9.59 Å². The summed E-state index contributed by atoms with van der Waals surface area (Å²) < 4.78 is 5.35. The van der Waals surface area contributed by atoms with Crippen molar-refractivity contribution in [1.29, 1.82) is 0 Å².